The van der Waals surface area contributed by atoms with Crippen LogP contribution in [0, 0.1) is 6.92 Å². The average molecular weight is 520 g/mol. The molecule has 0 atom stereocenters. The van der Waals surface area contributed by atoms with Crippen LogP contribution in [0.5, 0.6) is 0 Å². The van der Waals surface area contributed by atoms with Gasteiger partial charge in [-0.15, -0.1) is 11.3 Å². The first-order chi connectivity index (χ1) is 15.4. The zero-order chi connectivity index (χ0) is 22.7. The summed E-state index contributed by atoms with van der Waals surface area (Å²) in [6.45, 7) is 3.39. The summed E-state index contributed by atoms with van der Waals surface area (Å²) in [7, 11) is 0. The second kappa shape index (κ2) is 9.72. The largest absolute Gasteiger partial charge is 0.379 e. The maximum atomic E-state index is 13.3. The summed E-state index contributed by atoms with van der Waals surface area (Å²) >= 11 is 4.72. The Balaban J connectivity index is 1.49. The zero-order valence-electron chi connectivity index (χ0n) is 17.9. The van der Waals surface area contributed by atoms with Gasteiger partial charge in [0.1, 0.15) is 5.54 Å². The van der Waals surface area contributed by atoms with Crippen molar-refractivity contribution in [2.24, 2.45) is 0 Å². The van der Waals surface area contributed by atoms with Gasteiger partial charge in [0.15, 0.2) is 0 Å². The van der Waals surface area contributed by atoms with Gasteiger partial charge < -0.3 is 20.3 Å². The van der Waals surface area contributed by atoms with Crippen LogP contribution in [0.1, 0.15) is 47.3 Å². The van der Waals surface area contributed by atoms with Crippen molar-refractivity contribution in [3.63, 3.8) is 0 Å². The van der Waals surface area contributed by atoms with E-state index in [-0.39, 0.29) is 17.7 Å². The third-order valence-corrected chi connectivity index (χ3v) is 7.63. The molecule has 2 aromatic rings. The van der Waals surface area contributed by atoms with Crippen molar-refractivity contribution in [1.82, 2.24) is 5.32 Å². The number of hydrogen-bond donors (Lipinski definition) is 2. The molecule has 0 unspecified atom stereocenters. The van der Waals surface area contributed by atoms with Gasteiger partial charge >= 0.3 is 0 Å². The number of rotatable bonds is 5. The topological polar surface area (TPSA) is 87.7 Å². The number of benzene rings is 1. The number of nitrogens with zero attached hydrogens (tertiary/aromatic N) is 1. The maximum absolute atomic E-state index is 13.3. The Morgan fingerprint density at radius 1 is 1.16 bits per heavy atom. The first-order valence-electron chi connectivity index (χ1n) is 10.8. The first-order valence-corrected chi connectivity index (χ1v) is 12.4. The van der Waals surface area contributed by atoms with E-state index in [1.54, 1.807) is 17.0 Å². The molecule has 1 saturated heterocycles. The van der Waals surface area contributed by atoms with Gasteiger partial charge in [-0.3, -0.25) is 14.4 Å². The molecule has 2 N–H and O–H groups in total. The lowest BCUT2D eigenvalue weighted by Crippen LogP contribution is -2.54. The number of ether oxygens (including phenoxy) is 1. The Kier molecular flexibility index (Phi) is 6.97. The minimum atomic E-state index is -0.918. The van der Waals surface area contributed by atoms with Crippen molar-refractivity contribution in [3.05, 3.63) is 44.6 Å². The van der Waals surface area contributed by atoms with Crippen LogP contribution in [0.2, 0.25) is 0 Å². The number of carbonyl (C=O) groups excluding carboxylic acids is 3. The molecule has 7 nitrogen and oxygen atoms in total. The highest BCUT2D eigenvalue weighted by atomic mass is 79.9. The van der Waals surface area contributed by atoms with Crippen LogP contribution >= 0.6 is 27.3 Å². The lowest BCUT2D eigenvalue weighted by atomic mass is 9.95. The minimum Gasteiger partial charge on any atom is -0.379 e. The second-order valence-electron chi connectivity index (χ2n) is 8.21. The average Bonchev–Trinajstić information content (AvgIpc) is 3.36. The lowest BCUT2D eigenvalue weighted by Gasteiger charge is -2.29. The Bertz CT molecular complexity index is 1030. The summed E-state index contributed by atoms with van der Waals surface area (Å²) < 4.78 is 6.28. The number of carbonyl (C=O) groups is 3. The zero-order valence-corrected chi connectivity index (χ0v) is 20.3. The molecular formula is C23H26BrN3O4S. The van der Waals surface area contributed by atoms with Crippen LogP contribution in [0.25, 0.3) is 0 Å². The van der Waals surface area contributed by atoms with Crippen LogP contribution in [0.15, 0.2) is 34.1 Å². The van der Waals surface area contributed by atoms with E-state index in [1.165, 1.54) is 11.3 Å². The Labute approximate surface area is 199 Å². The van der Waals surface area contributed by atoms with E-state index in [2.05, 4.69) is 26.6 Å². The molecule has 2 aliphatic rings. The molecule has 1 aliphatic carbocycles. The fourth-order valence-electron chi connectivity index (χ4n) is 4.32. The highest BCUT2D eigenvalue weighted by Gasteiger charge is 2.42. The number of halogens is 1. The number of amides is 3. The molecular weight excluding hydrogens is 494 g/mol. The third-order valence-electron chi connectivity index (χ3n) is 6.01. The summed E-state index contributed by atoms with van der Waals surface area (Å²) in [5.41, 5.74) is 1.45. The summed E-state index contributed by atoms with van der Waals surface area (Å²) in [6, 6.07) is 9.11. The molecule has 0 spiro atoms. The minimum absolute atomic E-state index is 0.0372. The predicted molar refractivity (Wildman–Crippen MR) is 128 cm³/mol. The smallest absolute Gasteiger partial charge is 0.262 e. The summed E-state index contributed by atoms with van der Waals surface area (Å²) in [4.78, 5) is 40.8. The number of nitrogens with one attached hydrogen (secondary N) is 2. The van der Waals surface area contributed by atoms with Gasteiger partial charge in [0, 0.05) is 17.9 Å². The van der Waals surface area contributed by atoms with Gasteiger partial charge in [0.05, 0.1) is 28.3 Å². The van der Waals surface area contributed by atoms with Crippen molar-refractivity contribution < 1.29 is 19.1 Å². The van der Waals surface area contributed by atoms with Gasteiger partial charge in [0.25, 0.3) is 5.91 Å². The molecule has 1 aliphatic heterocycles. The van der Waals surface area contributed by atoms with E-state index in [0.29, 0.717) is 49.6 Å². The Morgan fingerprint density at radius 3 is 2.62 bits per heavy atom. The molecule has 170 valence electrons. The summed E-state index contributed by atoms with van der Waals surface area (Å²) in [5.74, 6) is -0.397. The van der Waals surface area contributed by atoms with Crippen LogP contribution < -0.4 is 15.5 Å². The molecule has 1 aromatic carbocycles. The van der Waals surface area contributed by atoms with Crippen LogP contribution in [0.3, 0.4) is 0 Å². The highest BCUT2D eigenvalue weighted by molar-refractivity contribution is 9.11. The molecule has 0 radical (unpaired) electrons. The molecule has 2 heterocycles. The van der Waals surface area contributed by atoms with Crippen molar-refractivity contribution in [3.8, 4) is 0 Å². The molecule has 3 amide bonds. The van der Waals surface area contributed by atoms with E-state index < -0.39 is 5.54 Å². The van der Waals surface area contributed by atoms with Crippen molar-refractivity contribution in [2.75, 3.05) is 30.0 Å². The highest BCUT2D eigenvalue weighted by Crippen LogP contribution is 2.33. The quantitative estimate of drug-likeness (QED) is 0.617. The molecule has 1 aromatic heterocycles. The first kappa shape index (κ1) is 22.9. The predicted octanol–water partition coefficient (Wildman–Crippen LogP) is 4.25. The van der Waals surface area contributed by atoms with Gasteiger partial charge in [-0.1, -0.05) is 12.8 Å². The van der Waals surface area contributed by atoms with Crippen LogP contribution in [-0.4, -0.2) is 43.0 Å². The van der Waals surface area contributed by atoms with Gasteiger partial charge in [-0.25, -0.2) is 0 Å². The standard InChI is InChI=1S/C23H26BrN3O4S/c1-15-14-16(4-5-17(15)27-11-13-31-12-8-20(27)28)25-22(30)23(9-2-3-10-23)26-21(29)18-6-7-19(24)32-18/h4-7,14H,2-3,8-13H2,1H3,(H,25,30)(H,26,29). The molecule has 4 rings (SSSR count). The fourth-order valence-corrected chi connectivity index (χ4v) is 5.60. The van der Waals surface area contributed by atoms with Crippen molar-refractivity contribution in [2.45, 2.75) is 44.6 Å². The lowest BCUT2D eigenvalue weighted by molar-refractivity contribution is -0.122. The third kappa shape index (κ3) is 4.89. The molecule has 0 bridgehead atoms. The van der Waals surface area contributed by atoms with Gasteiger partial charge in [-0.05, 0) is 71.6 Å². The van der Waals surface area contributed by atoms with Gasteiger partial charge in [-0.2, -0.15) is 0 Å². The number of anilines is 2. The molecule has 1 saturated carbocycles. The van der Waals surface area contributed by atoms with Crippen LogP contribution in [0.4, 0.5) is 11.4 Å². The van der Waals surface area contributed by atoms with Crippen LogP contribution in [-0.2, 0) is 14.3 Å². The van der Waals surface area contributed by atoms with Crippen molar-refractivity contribution in [1.29, 1.82) is 0 Å². The van der Waals surface area contributed by atoms with E-state index in [4.69, 9.17) is 4.74 Å². The van der Waals surface area contributed by atoms with E-state index in [9.17, 15) is 14.4 Å². The Morgan fingerprint density at radius 2 is 1.94 bits per heavy atom. The monoisotopic (exact) mass is 519 g/mol. The molecule has 9 heteroatoms. The normalized spacial score (nSPS) is 18.3. The number of hydrogen-bond acceptors (Lipinski definition) is 5. The summed E-state index contributed by atoms with van der Waals surface area (Å²) in [6.07, 6.45) is 3.35. The second-order valence-corrected chi connectivity index (χ2v) is 10.7. The van der Waals surface area contributed by atoms with Crippen molar-refractivity contribution >= 4 is 56.4 Å². The maximum Gasteiger partial charge on any atom is 0.262 e. The molecule has 32 heavy (non-hydrogen) atoms. The van der Waals surface area contributed by atoms with Gasteiger partial charge in [0.2, 0.25) is 11.8 Å². The number of aryl methyl sites for hydroxylation is 1. The summed E-state index contributed by atoms with van der Waals surface area (Å²) in [5, 5.41) is 6.00. The fraction of sp³-hybridized carbons (Fsp3) is 0.435. The number of thiophene rings is 1. The van der Waals surface area contributed by atoms with E-state index in [0.717, 1.165) is 27.9 Å². The van der Waals surface area contributed by atoms with E-state index in [1.807, 2.05) is 25.1 Å². The molecule has 2 fully saturated rings. The Hall–Kier alpha value is -2.23. The SMILES string of the molecule is Cc1cc(NC(=O)C2(NC(=O)c3ccc(Br)s3)CCCC2)ccc1N1CCOCCC1=O. The van der Waals surface area contributed by atoms with E-state index >= 15 is 0 Å².